The highest BCUT2D eigenvalue weighted by atomic mass is 32.2. The van der Waals surface area contributed by atoms with E-state index in [1.807, 2.05) is 41.6 Å². The lowest BCUT2D eigenvalue weighted by molar-refractivity contribution is -0.131. The average molecular weight is 417 g/mol. The first-order valence-corrected chi connectivity index (χ1v) is 11.7. The number of hydrogen-bond acceptors (Lipinski definition) is 4. The molecule has 1 atom stereocenters. The van der Waals surface area contributed by atoms with Crippen molar-refractivity contribution < 1.29 is 13.2 Å². The first kappa shape index (κ1) is 20.1. The Morgan fingerprint density at radius 3 is 2.45 bits per heavy atom. The summed E-state index contributed by atoms with van der Waals surface area (Å²) in [6, 6.07) is 6.55. The van der Waals surface area contributed by atoms with E-state index in [9.17, 15) is 13.2 Å². The summed E-state index contributed by atoms with van der Waals surface area (Å²) < 4.78 is 29.8. The van der Waals surface area contributed by atoms with Gasteiger partial charge in [-0.15, -0.1) is 0 Å². The number of amides is 1. The van der Waals surface area contributed by atoms with Crippen molar-refractivity contribution in [2.75, 3.05) is 19.6 Å². The topological polar surface area (TPSA) is 75.5 Å². The summed E-state index contributed by atoms with van der Waals surface area (Å²) in [7, 11) is -3.60. The van der Waals surface area contributed by atoms with E-state index in [4.69, 9.17) is 0 Å². The van der Waals surface area contributed by atoms with Crippen LogP contribution in [0.15, 0.2) is 35.4 Å². The Labute approximate surface area is 172 Å². The zero-order valence-electron chi connectivity index (χ0n) is 17.0. The minimum Gasteiger partial charge on any atom is -0.342 e. The van der Waals surface area contributed by atoms with Crippen LogP contribution in [0, 0.1) is 6.92 Å². The molecule has 0 aliphatic carbocycles. The molecule has 2 aromatic rings. The summed E-state index contributed by atoms with van der Waals surface area (Å²) in [5.74, 6) is 0.810. The van der Waals surface area contributed by atoms with Crippen LogP contribution in [0.1, 0.15) is 49.3 Å². The van der Waals surface area contributed by atoms with Crippen LogP contribution >= 0.6 is 0 Å². The minimum atomic E-state index is -3.60. The fraction of sp³-hybridized carbons (Fsp3) is 0.524. The monoisotopic (exact) mass is 416 g/mol. The standard InChI is InChI=1S/C21H28N4O3S/c1-16-6-8-19(9-7-16)29(27,28)25-13-12-24-15-18(22-21(24)17(25)2)14-20(26)23-10-4-3-5-11-23/h6-9,15,17H,3-5,10-14H2,1-2H3/t17-/m0/s1. The minimum absolute atomic E-state index is 0.108. The maximum Gasteiger partial charge on any atom is 0.243 e. The fourth-order valence-electron chi connectivity index (χ4n) is 4.20. The summed E-state index contributed by atoms with van der Waals surface area (Å²) in [6.07, 6.45) is 5.49. The van der Waals surface area contributed by atoms with Gasteiger partial charge in [-0.3, -0.25) is 4.79 Å². The number of imidazole rings is 1. The number of carbonyl (C=O) groups is 1. The fourth-order valence-corrected chi connectivity index (χ4v) is 5.78. The van der Waals surface area contributed by atoms with Crippen LogP contribution in [-0.4, -0.2) is 52.7 Å². The largest absolute Gasteiger partial charge is 0.342 e. The third-order valence-electron chi connectivity index (χ3n) is 5.89. The van der Waals surface area contributed by atoms with Crippen molar-refractivity contribution in [3.05, 3.63) is 47.5 Å². The highest BCUT2D eigenvalue weighted by Crippen LogP contribution is 2.30. The molecule has 0 bridgehead atoms. The maximum atomic E-state index is 13.1. The average Bonchev–Trinajstić information content (AvgIpc) is 3.12. The summed E-state index contributed by atoms with van der Waals surface area (Å²) in [5, 5.41) is 0. The molecule has 0 spiro atoms. The van der Waals surface area contributed by atoms with Gasteiger partial charge in [-0.1, -0.05) is 17.7 Å². The molecule has 0 saturated carbocycles. The van der Waals surface area contributed by atoms with Crippen molar-refractivity contribution >= 4 is 15.9 Å². The van der Waals surface area contributed by atoms with Gasteiger partial charge in [-0.25, -0.2) is 13.4 Å². The number of aromatic nitrogens is 2. The first-order chi connectivity index (χ1) is 13.9. The molecule has 8 heteroatoms. The second-order valence-corrected chi connectivity index (χ2v) is 9.90. The highest BCUT2D eigenvalue weighted by Gasteiger charge is 2.35. The lowest BCUT2D eigenvalue weighted by Gasteiger charge is -2.32. The van der Waals surface area contributed by atoms with Gasteiger partial charge < -0.3 is 9.47 Å². The number of sulfonamides is 1. The Kier molecular flexibility index (Phi) is 5.48. The molecule has 156 valence electrons. The molecule has 0 unspecified atom stereocenters. The Hall–Kier alpha value is -2.19. The number of nitrogens with zero attached hydrogens (tertiary/aromatic N) is 4. The van der Waals surface area contributed by atoms with Crippen LogP contribution in [0.5, 0.6) is 0 Å². The molecule has 2 aliphatic heterocycles. The normalized spacial score (nSPS) is 20.5. The van der Waals surface area contributed by atoms with E-state index >= 15 is 0 Å². The van der Waals surface area contributed by atoms with Gasteiger partial charge in [-0.05, 0) is 45.2 Å². The number of piperidine rings is 1. The van der Waals surface area contributed by atoms with Crippen molar-refractivity contribution in [2.24, 2.45) is 0 Å². The van der Waals surface area contributed by atoms with Crippen molar-refractivity contribution in [2.45, 2.75) is 57.0 Å². The highest BCUT2D eigenvalue weighted by molar-refractivity contribution is 7.89. The van der Waals surface area contributed by atoms with Gasteiger partial charge >= 0.3 is 0 Å². The van der Waals surface area contributed by atoms with E-state index in [-0.39, 0.29) is 18.4 Å². The maximum absolute atomic E-state index is 13.1. The smallest absolute Gasteiger partial charge is 0.243 e. The van der Waals surface area contributed by atoms with E-state index in [2.05, 4.69) is 4.98 Å². The van der Waals surface area contributed by atoms with Gasteiger partial charge in [0.05, 0.1) is 23.1 Å². The van der Waals surface area contributed by atoms with E-state index < -0.39 is 10.0 Å². The first-order valence-electron chi connectivity index (χ1n) is 10.3. The Balaban J connectivity index is 1.52. The molecule has 0 N–H and O–H groups in total. The number of carbonyl (C=O) groups excluding carboxylic acids is 1. The lowest BCUT2D eigenvalue weighted by Crippen LogP contribution is -2.41. The number of rotatable bonds is 4. The van der Waals surface area contributed by atoms with Crippen LogP contribution < -0.4 is 0 Å². The van der Waals surface area contributed by atoms with Crippen LogP contribution in [-0.2, 0) is 27.8 Å². The lowest BCUT2D eigenvalue weighted by atomic mass is 10.1. The van der Waals surface area contributed by atoms with Crippen molar-refractivity contribution in [1.29, 1.82) is 0 Å². The molecule has 2 aliphatic rings. The third kappa shape index (κ3) is 3.96. The van der Waals surface area contributed by atoms with Crippen molar-refractivity contribution in [1.82, 2.24) is 18.8 Å². The van der Waals surface area contributed by atoms with Gasteiger partial charge in [0.15, 0.2) is 0 Å². The Morgan fingerprint density at radius 1 is 1.07 bits per heavy atom. The van der Waals surface area contributed by atoms with Crippen LogP contribution in [0.25, 0.3) is 0 Å². The quantitative estimate of drug-likeness (QED) is 0.768. The zero-order valence-corrected chi connectivity index (χ0v) is 17.9. The molecule has 1 saturated heterocycles. The molecule has 0 radical (unpaired) electrons. The zero-order chi connectivity index (χ0) is 20.6. The van der Waals surface area contributed by atoms with Gasteiger partial charge in [0.25, 0.3) is 0 Å². The molecule has 3 heterocycles. The number of fused-ring (bicyclic) bond motifs is 1. The van der Waals surface area contributed by atoms with Gasteiger partial charge in [0.1, 0.15) is 5.82 Å². The summed E-state index contributed by atoms with van der Waals surface area (Å²) in [4.78, 5) is 19.4. The van der Waals surface area contributed by atoms with Gasteiger partial charge in [0, 0.05) is 32.4 Å². The third-order valence-corrected chi connectivity index (χ3v) is 7.88. The second kappa shape index (κ2) is 7.91. The second-order valence-electron chi connectivity index (χ2n) is 8.01. The Morgan fingerprint density at radius 2 is 1.76 bits per heavy atom. The van der Waals surface area contributed by atoms with Crippen LogP contribution in [0.2, 0.25) is 0 Å². The Bertz CT molecular complexity index is 991. The summed E-state index contributed by atoms with van der Waals surface area (Å²) in [6.45, 7) is 6.37. The summed E-state index contributed by atoms with van der Waals surface area (Å²) in [5.41, 5.74) is 1.74. The van der Waals surface area contributed by atoms with E-state index in [1.54, 1.807) is 12.1 Å². The van der Waals surface area contributed by atoms with E-state index in [1.165, 1.54) is 10.7 Å². The van der Waals surface area contributed by atoms with Crippen LogP contribution in [0.4, 0.5) is 0 Å². The molecule has 4 rings (SSSR count). The van der Waals surface area contributed by atoms with E-state index in [0.717, 1.165) is 37.2 Å². The van der Waals surface area contributed by atoms with E-state index in [0.29, 0.717) is 23.8 Å². The number of aryl methyl sites for hydroxylation is 1. The SMILES string of the molecule is Cc1ccc(S(=O)(=O)N2CCn3cc(CC(=O)N4CCCCC4)nc3[C@@H]2C)cc1. The molecule has 29 heavy (non-hydrogen) atoms. The van der Waals surface area contributed by atoms with Gasteiger partial charge in [0.2, 0.25) is 15.9 Å². The van der Waals surface area contributed by atoms with Crippen molar-refractivity contribution in [3.63, 3.8) is 0 Å². The van der Waals surface area contributed by atoms with Crippen molar-refractivity contribution in [3.8, 4) is 0 Å². The van der Waals surface area contributed by atoms with Crippen LogP contribution in [0.3, 0.4) is 0 Å². The van der Waals surface area contributed by atoms with Gasteiger partial charge in [-0.2, -0.15) is 4.31 Å². The molecular weight excluding hydrogens is 388 g/mol. The molecule has 1 aromatic heterocycles. The predicted octanol–water partition coefficient (Wildman–Crippen LogP) is 2.51. The molecular formula is C21H28N4O3S. The molecule has 1 aromatic carbocycles. The number of likely N-dealkylation sites (tertiary alicyclic amines) is 1. The predicted molar refractivity (Wildman–Crippen MR) is 110 cm³/mol. The number of hydrogen-bond donors (Lipinski definition) is 0. The summed E-state index contributed by atoms with van der Waals surface area (Å²) >= 11 is 0. The molecule has 1 fully saturated rings. The molecule has 7 nitrogen and oxygen atoms in total. The molecule has 1 amide bonds. The number of benzene rings is 1.